The number of carbonyl (C=O) groups is 1. The quantitative estimate of drug-likeness (QED) is 0.851. The Bertz CT molecular complexity index is 644. The maximum absolute atomic E-state index is 10.6. The number of alkyl halides is 3. The van der Waals surface area contributed by atoms with Crippen LogP contribution in [0.5, 0.6) is 0 Å². The highest BCUT2D eigenvalue weighted by Gasteiger charge is 2.38. The Morgan fingerprint density at radius 1 is 1.36 bits per heavy atom. The molecular formula is C15H17F3N2O2. The first-order chi connectivity index (χ1) is 10.4. The molecule has 1 aliphatic heterocycles. The van der Waals surface area contributed by atoms with E-state index in [1.54, 1.807) is 0 Å². The van der Waals surface area contributed by atoms with E-state index in [9.17, 15) is 13.2 Å². The number of fused-ring (bicyclic) bond motifs is 3. The average Bonchev–Trinajstić information content (AvgIpc) is 2.81. The second-order valence-corrected chi connectivity index (χ2v) is 4.92. The van der Waals surface area contributed by atoms with Gasteiger partial charge in [-0.1, -0.05) is 18.2 Å². The summed E-state index contributed by atoms with van der Waals surface area (Å²) in [5.41, 5.74) is 4.45. The molecule has 1 aromatic heterocycles. The fourth-order valence-electron chi connectivity index (χ4n) is 2.69. The number of nitrogens with one attached hydrogen (secondary N) is 1. The highest BCUT2D eigenvalue weighted by molar-refractivity contribution is 5.85. The van der Waals surface area contributed by atoms with Crippen LogP contribution >= 0.6 is 0 Å². The standard InChI is InChI=1S/C13H16N2.C2HF3O2/c1-2-15-12-6-4-3-5-10(12)11-9-14-8-7-13(11)15;3-2(4,5)1(6)7/h3-6,14H,2,7-9H2,1H3;(H,6,7). The SMILES string of the molecule is CCn1c2c(c3ccccc31)CNCC2.O=C(O)C(F)(F)F. The molecule has 0 unspecified atom stereocenters. The van der Waals surface area contributed by atoms with Crippen LogP contribution in [0.2, 0.25) is 0 Å². The molecule has 2 aromatic rings. The molecule has 0 bridgehead atoms. The summed E-state index contributed by atoms with van der Waals surface area (Å²) < 4.78 is 34.2. The number of para-hydroxylation sites is 1. The van der Waals surface area contributed by atoms with Crippen molar-refractivity contribution in [3.8, 4) is 0 Å². The first-order valence-electron chi connectivity index (χ1n) is 6.96. The summed E-state index contributed by atoms with van der Waals surface area (Å²) >= 11 is 0. The van der Waals surface area contributed by atoms with Crippen LogP contribution < -0.4 is 5.32 Å². The van der Waals surface area contributed by atoms with E-state index < -0.39 is 12.1 Å². The third-order valence-electron chi connectivity index (χ3n) is 3.59. The van der Waals surface area contributed by atoms with Crippen molar-refractivity contribution in [2.75, 3.05) is 6.54 Å². The number of benzene rings is 1. The largest absolute Gasteiger partial charge is 0.490 e. The first kappa shape index (κ1) is 16.4. The van der Waals surface area contributed by atoms with Gasteiger partial charge < -0.3 is 15.0 Å². The lowest BCUT2D eigenvalue weighted by molar-refractivity contribution is -0.192. The fourth-order valence-corrected chi connectivity index (χ4v) is 2.69. The Morgan fingerprint density at radius 3 is 2.59 bits per heavy atom. The van der Waals surface area contributed by atoms with E-state index in [-0.39, 0.29) is 0 Å². The molecular weight excluding hydrogens is 297 g/mol. The van der Waals surface area contributed by atoms with Crippen LogP contribution in [-0.2, 0) is 24.3 Å². The molecule has 120 valence electrons. The van der Waals surface area contributed by atoms with Gasteiger partial charge in [-0.25, -0.2) is 4.79 Å². The molecule has 0 spiro atoms. The molecule has 1 aromatic carbocycles. The minimum Gasteiger partial charge on any atom is -0.475 e. The second kappa shape index (κ2) is 6.39. The summed E-state index contributed by atoms with van der Waals surface area (Å²) in [4.78, 5) is 8.90. The number of halogens is 3. The van der Waals surface area contributed by atoms with Gasteiger partial charge in [0.05, 0.1) is 0 Å². The summed E-state index contributed by atoms with van der Waals surface area (Å²) in [6, 6.07) is 8.75. The highest BCUT2D eigenvalue weighted by atomic mass is 19.4. The molecule has 0 saturated heterocycles. The normalized spacial score (nSPS) is 14.2. The van der Waals surface area contributed by atoms with Gasteiger partial charge in [0, 0.05) is 42.7 Å². The highest BCUT2D eigenvalue weighted by Crippen LogP contribution is 2.28. The van der Waals surface area contributed by atoms with Crippen molar-refractivity contribution in [3.05, 3.63) is 35.5 Å². The van der Waals surface area contributed by atoms with E-state index in [2.05, 4.69) is 41.1 Å². The molecule has 2 heterocycles. The van der Waals surface area contributed by atoms with Gasteiger partial charge in [-0.05, 0) is 18.6 Å². The van der Waals surface area contributed by atoms with Crippen molar-refractivity contribution in [3.63, 3.8) is 0 Å². The van der Waals surface area contributed by atoms with E-state index in [1.165, 1.54) is 22.2 Å². The van der Waals surface area contributed by atoms with E-state index in [4.69, 9.17) is 9.90 Å². The summed E-state index contributed by atoms with van der Waals surface area (Å²) in [7, 11) is 0. The molecule has 0 amide bonds. The summed E-state index contributed by atoms with van der Waals surface area (Å²) in [5, 5.41) is 12.0. The topological polar surface area (TPSA) is 54.3 Å². The molecule has 0 atom stereocenters. The van der Waals surface area contributed by atoms with Crippen molar-refractivity contribution in [1.82, 2.24) is 9.88 Å². The number of carboxylic acid groups (broad SMARTS) is 1. The monoisotopic (exact) mass is 314 g/mol. The van der Waals surface area contributed by atoms with Crippen LogP contribution in [-0.4, -0.2) is 28.4 Å². The van der Waals surface area contributed by atoms with Crippen molar-refractivity contribution < 1.29 is 23.1 Å². The Labute approximate surface area is 125 Å². The lowest BCUT2D eigenvalue weighted by atomic mass is 10.1. The van der Waals surface area contributed by atoms with Gasteiger partial charge in [-0.2, -0.15) is 13.2 Å². The van der Waals surface area contributed by atoms with Crippen LogP contribution in [0.15, 0.2) is 24.3 Å². The zero-order valence-electron chi connectivity index (χ0n) is 12.1. The number of hydrogen-bond acceptors (Lipinski definition) is 2. The lowest BCUT2D eigenvalue weighted by Crippen LogP contribution is -2.24. The maximum atomic E-state index is 10.6. The molecule has 22 heavy (non-hydrogen) atoms. The van der Waals surface area contributed by atoms with Gasteiger partial charge in [0.25, 0.3) is 0 Å². The smallest absolute Gasteiger partial charge is 0.475 e. The predicted molar refractivity (Wildman–Crippen MR) is 76.7 cm³/mol. The minimum absolute atomic E-state index is 1.03. The van der Waals surface area contributed by atoms with E-state index in [0.717, 1.165) is 26.1 Å². The van der Waals surface area contributed by atoms with Gasteiger partial charge in [0.15, 0.2) is 0 Å². The molecule has 0 saturated carbocycles. The van der Waals surface area contributed by atoms with Gasteiger partial charge in [0.2, 0.25) is 0 Å². The second-order valence-electron chi connectivity index (χ2n) is 4.92. The van der Waals surface area contributed by atoms with Gasteiger partial charge >= 0.3 is 12.1 Å². The molecule has 4 nitrogen and oxygen atoms in total. The predicted octanol–water partition coefficient (Wildman–Crippen LogP) is 2.94. The maximum Gasteiger partial charge on any atom is 0.490 e. The zero-order valence-corrected chi connectivity index (χ0v) is 12.1. The number of aryl methyl sites for hydroxylation is 1. The van der Waals surface area contributed by atoms with Crippen molar-refractivity contribution in [2.45, 2.75) is 32.6 Å². The van der Waals surface area contributed by atoms with E-state index in [0.29, 0.717) is 0 Å². The third kappa shape index (κ3) is 3.24. The van der Waals surface area contributed by atoms with E-state index in [1.807, 2.05) is 0 Å². The van der Waals surface area contributed by atoms with Crippen LogP contribution in [0.3, 0.4) is 0 Å². The molecule has 3 rings (SSSR count). The molecule has 0 aliphatic carbocycles. The third-order valence-corrected chi connectivity index (χ3v) is 3.59. The number of nitrogens with zero attached hydrogens (tertiary/aromatic N) is 1. The van der Waals surface area contributed by atoms with Gasteiger partial charge in [-0.3, -0.25) is 0 Å². The number of hydrogen-bond donors (Lipinski definition) is 2. The number of aliphatic carboxylic acids is 1. The minimum atomic E-state index is -5.08. The van der Waals surface area contributed by atoms with Crippen LogP contribution in [0, 0.1) is 0 Å². The number of aromatic nitrogens is 1. The van der Waals surface area contributed by atoms with Crippen molar-refractivity contribution in [2.24, 2.45) is 0 Å². The molecule has 0 radical (unpaired) electrons. The van der Waals surface area contributed by atoms with E-state index >= 15 is 0 Å². The fraction of sp³-hybridized carbons (Fsp3) is 0.400. The van der Waals surface area contributed by atoms with Crippen LogP contribution in [0.25, 0.3) is 10.9 Å². The number of carboxylic acids is 1. The summed E-state index contributed by atoms with van der Waals surface area (Å²) in [6.07, 6.45) is -3.92. The van der Waals surface area contributed by atoms with Gasteiger partial charge in [0.1, 0.15) is 0 Å². The Kier molecular flexibility index (Phi) is 4.75. The van der Waals surface area contributed by atoms with Crippen LogP contribution in [0.1, 0.15) is 18.2 Å². The molecule has 7 heteroatoms. The van der Waals surface area contributed by atoms with Gasteiger partial charge in [-0.15, -0.1) is 0 Å². The van der Waals surface area contributed by atoms with Crippen molar-refractivity contribution in [1.29, 1.82) is 0 Å². The number of rotatable bonds is 1. The summed E-state index contributed by atoms with van der Waals surface area (Å²) in [6.45, 7) is 5.46. The lowest BCUT2D eigenvalue weighted by Gasteiger charge is -2.15. The average molecular weight is 314 g/mol. The molecule has 2 N–H and O–H groups in total. The zero-order chi connectivity index (χ0) is 16.3. The van der Waals surface area contributed by atoms with Crippen molar-refractivity contribution >= 4 is 16.9 Å². The molecule has 1 aliphatic rings. The Morgan fingerprint density at radius 2 is 2.00 bits per heavy atom. The summed E-state index contributed by atoms with van der Waals surface area (Å²) in [5.74, 6) is -2.76. The Hall–Kier alpha value is -2.02. The first-order valence-corrected chi connectivity index (χ1v) is 6.96. The molecule has 0 fully saturated rings. The Balaban J connectivity index is 0.000000217. The van der Waals surface area contributed by atoms with Crippen LogP contribution in [0.4, 0.5) is 13.2 Å².